The van der Waals surface area contributed by atoms with Crippen LogP contribution in [0.5, 0.6) is 0 Å². The molecule has 0 aliphatic heterocycles. The van der Waals surface area contributed by atoms with Crippen LogP contribution in [0.4, 0.5) is 0 Å². The highest BCUT2D eigenvalue weighted by atomic mass is 16.7. The normalized spacial score (nSPS) is 11.2. The van der Waals surface area contributed by atoms with E-state index in [0.29, 0.717) is 5.56 Å². The minimum absolute atomic E-state index is 0.277. The second-order valence-corrected chi connectivity index (χ2v) is 4.40. The van der Waals surface area contributed by atoms with E-state index in [4.69, 9.17) is 4.84 Å². The molecular weight excluding hydrogens is 192 g/mol. The summed E-state index contributed by atoms with van der Waals surface area (Å²) in [6.07, 6.45) is 3.20. The molecule has 4 heteroatoms. The van der Waals surface area contributed by atoms with Crippen molar-refractivity contribution in [1.29, 1.82) is 0 Å². The zero-order valence-corrected chi connectivity index (χ0v) is 9.50. The largest absolute Gasteiger partial charge is 0.276 e. The van der Waals surface area contributed by atoms with Gasteiger partial charge < -0.3 is 0 Å². The van der Waals surface area contributed by atoms with Crippen LogP contribution < -0.4 is 5.48 Å². The molecule has 0 spiro atoms. The minimum Gasteiger partial charge on any atom is -0.268 e. The first kappa shape index (κ1) is 11.7. The lowest BCUT2D eigenvalue weighted by Crippen LogP contribution is -2.33. The predicted molar refractivity (Wildman–Crippen MR) is 57.3 cm³/mol. The monoisotopic (exact) mass is 208 g/mol. The lowest BCUT2D eigenvalue weighted by atomic mass is 10.2. The van der Waals surface area contributed by atoms with Crippen molar-refractivity contribution in [2.45, 2.75) is 33.3 Å². The number of nitrogens with zero attached hydrogens (tertiary/aromatic N) is 1. The Morgan fingerprint density at radius 1 is 1.40 bits per heavy atom. The third-order valence-electron chi connectivity index (χ3n) is 1.59. The molecule has 0 aliphatic rings. The summed E-state index contributed by atoms with van der Waals surface area (Å²) in [7, 11) is 0. The van der Waals surface area contributed by atoms with Crippen molar-refractivity contribution in [3.8, 4) is 0 Å². The SMILES string of the molecule is Cc1cncc(C(=O)NOC(C)(C)C)c1. The number of pyridine rings is 1. The van der Waals surface area contributed by atoms with E-state index < -0.39 is 5.60 Å². The first-order valence-corrected chi connectivity index (χ1v) is 4.78. The topological polar surface area (TPSA) is 51.2 Å². The van der Waals surface area contributed by atoms with E-state index in [-0.39, 0.29) is 5.91 Å². The van der Waals surface area contributed by atoms with Crippen molar-refractivity contribution in [3.05, 3.63) is 29.6 Å². The Balaban J connectivity index is 2.62. The van der Waals surface area contributed by atoms with Gasteiger partial charge in [0.05, 0.1) is 11.2 Å². The number of amides is 1. The molecule has 1 aromatic rings. The number of aryl methyl sites for hydroxylation is 1. The molecule has 0 unspecified atom stereocenters. The summed E-state index contributed by atoms with van der Waals surface area (Å²) in [4.78, 5) is 20.7. The molecular formula is C11H16N2O2. The van der Waals surface area contributed by atoms with Gasteiger partial charge in [-0.05, 0) is 39.3 Å². The lowest BCUT2D eigenvalue weighted by molar-refractivity contribution is -0.0589. The lowest BCUT2D eigenvalue weighted by Gasteiger charge is -2.18. The van der Waals surface area contributed by atoms with Gasteiger partial charge in [0.15, 0.2) is 0 Å². The zero-order valence-electron chi connectivity index (χ0n) is 9.50. The maximum atomic E-state index is 11.6. The van der Waals surface area contributed by atoms with Gasteiger partial charge in [-0.1, -0.05) is 0 Å². The Morgan fingerprint density at radius 2 is 2.07 bits per heavy atom. The fourth-order valence-electron chi connectivity index (χ4n) is 0.937. The molecule has 0 fully saturated rings. The smallest absolute Gasteiger partial charge is 0.268 e. The molecule has 15 heavy (non-hydrogen) atoms. The summed E-state index contributed by atoms with van der Waals surface area (Å²) in [5.74, 6) is -0.277. The van der Waals surface area contributed by atoms with Gasteiger partial charge in [-0.15, -0.1) is 0 Å². The first-order chi connectivity index (χ1) is 6.88. The highest BCUT2D eigenvalue weighted by Crippen LogP contribution is 2.05. The number of carbonyl (C=O) groups excluding carboxylic acids is 1. The van der Waals surface area contributed by atoms with Crippen molar-refractivity contribution in [2.24, 2.45) is 0 Å². The highest BCUT2D eigenvalue weighted by molar-refractivity contribution is 5.93. The number of hydroxylamine groups is 1. The number of carbonyl (C=O) groups is 1. The Hall–Kier alpha value is -1.42. The summed E-state index contributed by atoms with van der Waals surface area (Å²) in [6.45, 7) is 7.47. The molecule has 0 aromatic carbocycles. The number of aromatic nitrogens is 1. The first-order valence-electron chi connectivity index (χ1n) is 4.78. The summed E-state index contributed by atoms with van der Waals surface area (Å²) >= 11 is 0. The van der Waals surface area contributed by atoms with Crippen LogP contribution in [0, 0.1) is 6.92 Å². The van der Waals surface area contributed by atoms with Crippen molar-refractivity contribution in [2.75, 3.05) is 0 Å². The maximum Gasteiger partial charge on any atom is 0.276 e. The summed E-state index contributed by atoms with van der Waals surface area (Å²) < 4.78 is 0. The van der Waals surface area contributed by atoms with Crippen molar-refractivity contribution >= 4 is 5.91 Å². The second kappa shape index (κ2) is 4.40. The molecule has 1 amide bonds. The fourth-order valence-corrected chi connectivity index (χ4v) is 0.937. The molecule has 1 heterocycles. The van der Waals surface area contributed by atoms with Crippen LogP contribution in [0.2, 0.25) is 0 Å². The summed E-state index contributed by atoms with van der Waals surface area (Å²) in [5, 5.41) is 0. The van der Waals surface area contributed by atoms with Crippen molar-refractivity contribution in [3.63, 3.8) is 0 Å². The molecule has 1 rings (SSSR count). The van der Waals surface area contributed by atoms with Crippen LogP contribution in [0.15, 0.2) is 18.5 Å². The van der Waals surface area contributed by atoms with Crippen LogP contribution in [-0.4, -0.2) is 16.5 Å². The molecule has 1 aromatic heterocycles. The van der Waals surface area contributed by atoms with E-state index in [1.807, 2.05) is 27.7 Å². The van der Waals surface area contributed by atoms with Gasteiger partial charge in [-0.25, -0.2) is 5.48 Å². The van der Waals surface area contributed by atoms with Gasteiger partial charge in [-0.2, -0.15) is 0 Å². The zero-order chi connectivity index (χ0) is 11.5. The average molecular weight is 208 g/mol. The Kier molecular flexibility index (Phi) is 3.42. The molecule has 0 aliphatic carbocycles. The number of rotatable bonds is 2. The number of hydrogen-bond donors (Lipinski definition) is 1. The van der Waals surface area contributed by atoms with E-state index in [2.05, 4.69) is 10.5 Å². The Labute approximate surface area is 89.6 Å². The fraction of sp³-hybridized carbons (Fsp3) is 0.455. The number of hydrogen-bond acceptors (Lipinski definition) is 3. The second-order valence-electron chi connectivity index (χ2n) is 4.40. The van der Waals surface area contributed by atoms with Crippen molar-refractivity contribution < 1.29 is 9.63 Å². The van der Waals surface area contributed by atoms with Gasteiger partial charge in [0.1, 0.15) is 0 Å². The van der Waals surface area contributed by atoms with Crippen LogP contribution in [-0.2, 0) is 4.84 Å². The molecule has 0 radical (unpaired) electrons. The average Bonchev–Trinajstić information content (AvgIpc) is 2.13. The van der Waals surface area contributed by atoms with Gasteiger partial charge >= 0.3 is 0 Å². The van der Waals surface area contributed by atoms with Gasteiger partial charge in [-0.3, -0.25) is 14.6 Å². The molecule has 0 saturated heterocycles. The van der Waals surface area contributed by atoms with Gasteiger partial charge in [0.2, 0.25) is 0 Å². The minimum atomic E-state index is -0.396. The van der Waals surface area contributed by atoms with E-state index in [1.54, 1.807) is 12.3 Å². The standard InChI is InChI=1S/C11H16N2O2/c1-8-5-9(7-12-6-8)10(14)13-15-11(2,3)4/h5-7H,1-4H3,(H,13,14). The molecule has 0 saturated carbocycles. The summed E-state index contributed by atoms with van der Waals surface area (Å²) in [5.41, 5.74) is 3.43. The van der Waals surface area contributed by atoms with E-state index >= 15 is 0 Å². The van der Waals surface area contributed by atoms with E-state index in [1.165, 1.54) is 6.20 Å². The van der Waals surface area contributed by atoms with Crippen molar-refractivity contribution in [1.82, 2.24) is 10.5 Å². The maximum absolute atomic E-state index is 11.6. The van der Waals surface area contributed by atoms with Crippen LogP contribution in [0.3, 0.4) is 0 Å². The van der Waals surface area contributed by atoms with Gasteiger partial charge in [0.25, 0.3) is 5.91 Å². The van der Waals surface area contributed by atoms with E-state index in [0.717, 1.165) is 5.56 Å². The quantitative estimate of drug-likeness (QED) is 0.754. The van der Waals surface area contributed by atoms with E-state index in [9.17, 15) is 4.79 Å². The molecule has 0 atom stereocenters. The van der Waals surface area contributed by atoms with Crippen LogP contribution in [0.25, 0.3) is 0 Å². The molecule has 0 bridgehead atoms. The van der Waals surface area contributed by atoms with Gasteiger partial charge in [0, 0.05) is 12.4 Å². The third kappa shape index (κ3) is 4.08. The third-order valence-corrected chi connectivity index (χ3v) is 1.59. The summed E-state index contributed by atoms with van der Waals surface area (Å²) in [6, 6.07) is 1.76. The predicted octanol–water partition coefficient (Wildman–Crippen LogP) is 1.85. The highest BCUT2D eigenvalue weighted by Gasteiger charge is 2.13. The van der Waals surface area contributed by atoms with Crippen LogP contribution in [0.1, 0.15) is 36.7 Å². The number of nitrogens with one attached hydrogen (secondary N) is 1. The molecule has 4 nitrogen and oxygen atoms in total. The van der Waals surface area contributed by atoms with Crippen LogP contribution >= 0.6 is 0 Å². The Morgan fingerprint density at radius 3 is 2.60 bits per heavy atom. The molecule has 82 valence electrons. The Bertz CT molecular complexity index is 356. The molecule has 1 N–H and O–H groups in total.